The van der Waals surface area contributed by atoms with E-state index in [-0.39, 0.29) is 17.7 Å². The number of amides is 1. The Morgan fingerprint density at radius 1 is 1.04 bits per heavy atom. The minimum Gasteiger partial charge on any atom is -0.493 e. The Balaban J connectivity index is 1.88. The van der Waals surface area contributed by atoms with E-state index in [1.54, 1.807) is 19.2 Å². The summed E-state index contributed by atoms with van der Waals surface area (Å²) in [5.41, 5.74) is 7.72. The second-order valence-corrected chi connectivity index (χ2v) is 6.64. The van der Waals surface area contributed by atoms with Crippen LogP contribution in [0, 0.1) is 5.92 Å². The van der Waals surface area contributed by atoms with Crippen molar-refractivity contribution in [2.24, 2.45) is 11.7 Å². The van der Waals surface area contributed by atoms with Crippen molar-refractivity contribution < 1.29 is 19.0 Å². The molecule has 1 saturated heterocycles. The molecule has 1 fully saturated rings. The van der Waals surface area contributed by atoms with Gasteiger partial charge >= 0.3 is 0 Å². The van der Waals surface area contributed by atoms with Crippen LogP contribution in [-0.4, -0.2) is 51.8 Å². The highest BCUT2D eigenvalue weighted by atomic mass is 16.5. The molecule has 2 atom stereocenters. The van der Waals surface area contributed by atoms with Gasteiger partial charge in [0.05, 0.1) is 21.3 Å². The lowest BCUT2D eigenvalue weighted by atomic mass is 9.89. The zero-order valence-corrected chi connectivity index (χ0v) is 16.0. The Bertz CT molecular complexity index is 769. The van der Waals surface area contributed by atoms with E-state index >= 15 is 0 Å². The summed E-state index contributed by atoms with van der Waals surface area (Å²) in [6.45, 7) is 1.81. The van der Waals surface area contributed by atoms with Crippen LogP contribution in [-0.2, 0) is 0 Å². The molecule has 6 heteroatoms. The SMILES string of the molecule is COc1cc(C(=O)N2C[C@@H](CN)[C@H](c3ccccc3)C2)cc(OC)c1OC. The highest BCUT2D eigenvalue weighted by Gasteiger charge is 2.36. The molecular formula is C21H26N2O4. The van der Waals surface area contributed by atoms with Gasteiger partial charge in [-0.3, -0.25) is 4.79 Å². The largest absolute Gasteiger partial charge is 0.493 e. The van der Waals surface area contributed by atoms with Crippen LogP contribution < -0.4 is 19.9 Å². The van der Waals surface area contributed by atoms with Gasteiger partial charge in [0.2, 0.25) is 5.75 Å². The van der Waals surface area contributed by atoms with Crippen molar-refractivity contribution in [1.29, 1.82) is 0 Å². The fourth-order valence-corrected chi connectivity index (χ4v) is 3.74. The number of hydrogen-bond acceptors (Lipinski definition) is 5. The van der Waals surface area contributed by atoms with Gasteiger partial charge in [-0.25, -0.2) is 0 Å². The third-order valence-corrected chi connectivity index (χ3v) is 5.17. The number of nitrogens with two attached hydrogens (primary N) is 1. The maximum atomic E-state index is 13.2. The van der Waals surface area contributed by atoms with Gasteiger partial charge in [0.25, 0.3) is 5.91 Å². The number of benzene rings is 2. The van der Waals surface area contributed by atoms with E-state index in [0.717, 1.165) is 0 Å². The standard InChI is InChI=1S/C21H26N2O4/c1-25-18-9-15(10-19(26-2)20(18)27-3)21(24)23-12-16(11-22)17(13-23)14-7-5-4-6-8-14/h4-10,16-17H,11-13,22H2,1-3H3/t16-,17+/m1/s1. The number of methoxy groups -OCH3 is 3. The van der Waals surface area contributed by atoms with Gasteiger partial charge < -0.3 is 24.8 Å². The second kappa shape index (κ2) is 8.31. The van der Waals surface area contributed by atoms with Crippen molar-refractivity contribution in [3.8, 4) is 17.2 Å². The summed E-state index contributed by atoms with van der Waals surface area (Å²) < 4.78 is 16.1. The van der Waals surface area contributed by atoms with Gasteiger partial charge in [-0.05, 0) is 30.2 Å². The molecule has 0 bridgehead atoms. The molecule has 0 aliphatic carbocycles. The summed E-state index contributed by atoms with van der Waals surface area (Å²) in [6.07, 6.45) is 0. The Morgan fingerprint density at radius 3 is 2.19 bits per heavy atom. The molecule has 0 aromatic heterocycles. The minimum absolute atomic E-state index is 0.0638. The first-order chi connectivity index (χ1) is 13.1. The van der Waals surface area contributed by atoms with Crippen molar-refractivity contribution in [3.05, 3.63) is 53.6 Å². The summed E-state index contributed by atoms with van der Waals surface area (Å²) >= 11 is 0. The summed E-state index contributed by atoms with van der Waals surface area (Å²) in [6, 6.07) is 13.6. The van der Waals surface area contributed by atoms with Gasteiger partial charge in [0, 0.05) is 24.6 Å². The zero-order valence-electron chi connectivity index (χ0n) is 16.0. The molecule has 27 heavy (non-hydrogen) atoms. The first kappa shape index (κ1) is 19.0. The summed E-state index contributed by atoms with van der Waals surface area (Å²) in [4.78, 5) is 15.0. The average molecular weight is 370 g/mol. The van der Waals surface area contributed by atoms with Gasteiger partial charge in [0.15, 0.2) is 11.5 Å². The van der Waals surface area contributed by atoms with Gasteiger partial charge in [-0.15, -0.1) is 0 Å². The number of hydrogen-bond donors (Lipinski definition) is 1. The highest BCUT2D eigenvalue weighted by molar-refractivity contribution is 5.96. The third-order valence-electron chi connectivity index (χ3n) is 5.17. The molecule has 1 heterocycles. The van der Waals surface area contributed by atoms with Crippen LogP contribution in [0.1, 0.15) is 21.8 Å². The first-order valence-corrected chi connectivity index (χ1v) is 8.97. The predicted octanol–water partition coefficient (Wildman–Crippen LogP) is 2.53. The van der Waals surface area contributed by atoms with Crippen LogP contribution in [0.3, 0.4) is 0 Å². The van der Waals surface area contributed by atoms with Crippen LogP contribution in [0.2, 0.25) is 0 Å². The van der Waals surface area contributed by atoms with Crippen molar-refractivity contribution in [2.75, 3.05) is 41.0 Å². The molecule has 1 aliphatic rings. The van der Waals surface area contributed by atoms with E-state index in [2.05, 4.69) is 12.1 Å². The highest BCUT2D eigenvalue weighted by Crippen LogP contribution is 2.39. The predicted molar refractivity (Wildman–Crippen MR) is 104 cm³/mol. The van der Waals surface area contributed by atoms with E-state index in [1.807, 2.05) is 23.1 Å². The average Bonchev–Trinajstić information content (AvgIpc) is 3.17. The van der Waals surface area contributed by atoms with Crippen molar-refractivity contribution in [3.63, 3.8) is 0 Å². The maximum absolute atomic E-state index is 13.2. The summed E-state index contributed by atoms with van der Waals surface area (Å²) in [5.74, 6) is 1.82. The van der Waals surface area contributed by atoms with E-state index in [0.29, 0.717) is 42.4 Å². The zero-order chi connectivity index (χ0) is 19.4. The third kappa shape index (κ3) is 3.71. The fraction of sp³-hybridized carbons (Fsp3) is 0.381. The molecule has 0 spiro atoms. The van der Waals surface area contributed by atoms with Crippen molar-refractivity contribution in [2.45, 2.75) is 5.92 Å². The smallest absolute Gasteiger partial charge is 0.254 e. The number of likely N-dealkylation sites (tertiary alicyclic amines) is 1. The number of rotatable bonds is 6. The summed E-state index contributed by atoms with van der Waals surface area (Å²) in [7, 11) is 4.62. The molecule has 144 valence electrons. The quantitative estimate of drug-likeness (QED) is 0.846. The molecule has 3 rings (SSSR count). The molecule has 1 amide bonds. The molecule has 2 aromatic carbocycles. The number of carbonyl (C=O) groups excluding carboxylic acids is 1. The molecule has 2 N–H and O–H groups in total. The molecule has 2 aromatic rings. The lowest BCUT2D eigenvalue weighted by Crippen LogP contribution is -2.29. The first-order valence-electron chi connectivity index (χ1n) is 8.97. The Morgan fingerprint density at radius 2 is 1.67 bits per heavy atom. The second-order valence-electron chi connectivity index (χ2n) is 6.64. The molecular weight excluding hydrogens is 344 g/mol. The number of carbonyl (C=O) groups is 1. The monoisotopic (exact) mass is 370 g/mol. The van der Waals surface area contributed by atoms with Crippen LogP contribution in [0.15, 0.2) is 42.5 Å². The lowest BCUT2D eigenvalue weighted by Gasteiger charge is -2.19. The normalized spacial score (nSPS) is 19.0. The van der Waals surface area contributed by atoms with Gasteiger partial charge in [-0.1, -0.05) is 30.3 Å². The molecule has 6 nitrogen and oxygen atoms in total. The Hall–Kier alpha value is -2.73. The van der Waals surface area contributed by atoms with Crippen LogP contribution in [0.4, 0.5) is 0 Å². The molecule has 0 radical (unpaired) electrons. The Labute approximate surface area is 159 Å². The van der Waals surface area contributed by atoms with E-state index < -0.39 is 0 Å². The topological polar surface area (TPSA) is 74.0 Å². The van der Waals surface area contributed by atoms with E-state index in [9.17, 15) is 4.79 Å². The van der Waals surface area contributed by atoms with E-state index in [4.69, 9.17) is 19.9 Å². The molecule has 0 saturated carbocycles. The van der Waals surface area contributed by atoms with Gasteiger partial charge in [0.1, 0.15) is 0 Å². The molecule has 0 unspecified atom stereocenters. The molecule has 1 aliphatic heterocycles. The lowest BCUT2D eigenvalue weighted by molar-refractivity contribution is 0.0785. The van der Waals surface area contributed by atoms with Crippen LogP contribution >= 0.6 is 0 Å². The van der Waals surface area contributed by atoms with Crippen molar-refractivity contribution in [1.82, 2.24) is 4.90 Å². The summed E-state index contributed by atoms with van der Waals surface area (Å²) in [5, 5.41) is 0. The minimum atomic E-state index is -0.0638. The Kier molecular flexibility index (Phi) is 5.86. The number of nitrogens with zero attached hydrogens (tertiary/aromatic N) is 1. The van der Waals surface area contributed by atoms with Crippen molar-refractivity contribution >= 4 is 5.91 Å². The van der Waals surface area contributed by atoms with Crippen LogP contribution in [0.25, 0.3) is 0 Å². The van der Waals surface area contributed by atoms with Gasteiger partial charge in [-0.2, -0.15) is 0 Å². The van der Waals surface area contributed by atoms with E-state index in [1.165, 1.54) is 19.8 Å². The maximum Gasteiger partial charge on any atom is 0.254 e. The van der Waals surface area contributed by atoms with Crippen LogP contribution in [0.5, 0.6) is 17.2 Å². The number of ether oxygens (including phenoxy) is 3. The fourth-order valence-electron chi connectivity index (χ4n) is 3.74.